The van der Waals surface area contributed by atoms with Crippen LogP contribution in [0.15, 0.2) is 23.1 Å². The number of aliphatic hydroxyl groups is 1. The Labute approximate surface area is 106 Å². The molecule has 1 aromatic rings. The maximum Gasteiger partial charge on any atom is 0.137 e. The first-order valence-electron chi connectivity index (χ1n) is 6.04. The Morgan fingerprint density at radius 1 is 1.59 bits per heavy atom. The van der Waals surface area contributed by atoms with Gasteiger partial charge in [0.15, 0.2) is 0 Å². The van der Waals surface area contributed by atoms with Crippen molar-refractivity contribution in [3.63, 3.8) is 0 Å². The van der Waals surface area contributed by atoms with Gasteiger partial charge < -0.3 is 10.4 Å². The van der Waals surface area contributed by atoms with Gasteiger partial charge in [0, 0.05) is 17.0 Å². The quantitative estimate of drug-likeness (QED) is 0.867. The summed E-state index contributed by atoms with van der Waals surface area (Å²) >= 11 is 1.58. The summed E-state index contributed by atoms with van der Waals surface area (Å²) in [5.41, 5.74) is 1.04. The second kappa shape index (κ2) is 5.85. The molecular formula is C13H18FNOS. The first kappa shape index (κ1) is 12.9. The average molecular weight is 255 g/mol. The molecule has 0 bridgehead atoms. The predicted octanol–water partition coefficient (Wildman–Crippen LogP) is 2.72. The largest absolute Gasteiger partial charge is 0.395 e. The van der Waals surface area contributed by atoms with Gasteiger partial charge in [0.2, 0.25) is 0 Å². The number of nitrogens with one attached hydrogen (secondary N) is 1. The summed E-state index contributed by atoms with van der Waals surface area (Å²) in [6.07, 6.45) is 1.86. The van der Waals surface area contributed by atoms with Crippen molar-refractivity contribution in [2.24, 2.45) is 0 Å². The molecule has 0 amide bonds. The first-order valence-corrected chi connectivity index (χ1v) is 7.03. The molecule has 2 N–H and O–H groups in total. The van der Waals surface area contributed by atoms with Crippen molar-refractivity contribution >= 4 is 11.8 Å². The number of thioether (sulfide) groups is 1. The molecule has 2 rings (SSSR count). The zero-order valence-corrected chi connectivity index (χ0v) is 10.8. The molecule has 4 heteroatoms. The maximum atomic E-state index is 13.6. The molecule has 0 aliphatic carbocycles. The molecular weight excluding hydrogens is 237 g/mol. The van der Waals surface area contributed by atoms with Crippen LogP contribution < -0.4 is 5.32 Å². The van der Waals surface area contributed by atoms with Crippen LogP contribution in [0.2, 0.25) is 0 Å². The fourth-order valence-corrected chi connectivity index (χ4v) is 3.28. The Hall–Kier alpha value is -0.580. The van der Waals surface area contributed by atoms with E-state index in [1.807, 2.05) is 13.0 Å². The van der Waals surface area contributed by atoms with Crippen molar-refractivity contribution in [2.75, 3.05) is 12.4 Å². The fraction of sp³-hybridized carbons (Fsp3) is 0.538. The van der Waals surface area contributed by atoms with Crippen molar-refractivity contribution < 1.29 is 9.50 Å². The minimum absolute atomic E-state index is 0.0965. The van der Waals surface area contributed by atoms with Gasteiger partial charge >= 0.3 is 0 Å². The molecule has 1 aliphatic heterocycles. The molecule has 1 aromatic carbocycles. The summed E-state index contributed by atoms with van der Waals surface area (Å²) in [7, 11) is 0. The van der Waals surface area contributed by atoms with E-state index < -0.39 is 0 Å². The molecule has 94 valence electrons. The Kier molecular flexibility index (Phi) is 4.42. The zero-order valence-electron chi connectivity index (χ0n) is 9.95. The third-order valence-electron chi connectivity index (χ3n) is 3.18. The van der Waals surface area contributed by atoms with E-state index in [4.69, 9.17) is 0 Å². The molecule has 0 spiro atoms. The summed E-state index contributed by atoms with van der Waals surface area (Å²) in [5, 5.41) is 12.6. The molecule has 0 saturated carbocycles. The molecule has 0 radical (unpaired) electrons. The van der Waals surface area contributed by atoms with Gasteiger partial charge in [-0.1, -0.05) is 19.1 Å². The molecule has 0 fully saturated rings. The van der Waals surface area contributed by atoms with Crippen LogP contribution in [0.1, 0.15) is 31.4 Å². The molecule has 17 heavy (non-hydrogen) atoms. The minimum Gasteiger partial charge on any atom is -0.395 e. The summed E-state index contributed by atoms with van der Waals surface area (Å²) in [4.78, 5) is 0.768. The topological polar surface area (TPSA) is 32.3 Å². The van der Waals surface area contributed by atoms with Gasteiger partial charge in [0.05, 0.1) is 6.61 Å². The molecule has 0 aromatic heterocycles. The van der Waals surface area contributed by atoms with Crippen molar-refractivity contribution in [3.05, 3.63) is 29.6 Å². The lowest BCUT2D eigenvalue weighted by molar-refractivity contribution is 0.225. The smallest absolute Gasteiger partial charge is 0.137 e. The SMILES string of the molecule is CCC(CO)NC1CCSc2c(F)cccc21. The summed E-state index contributed by atoms with van der Waals surface area (Å²) < 4.78 is 13.6. The summed E-state index contributed by atoms with van der Waals surface area (Å²) in [6, 6.07) is 5.51. The van der Waals surface area contributed by atoms with Gasteiger partial charge in [-0.2, -0.15) is 0 Å². The number of hydrogen-bond acceptors (Lipinski definition) is 3. The Bertz CT molecular complexity index is 382. The Morgan fingerprint density at radius 3 is 3.12 bits per heavy atom. The molecule has 2 unspecified atom stereocenters. The number of rotatable bonds is 4. The molecule has 2 nitrogen and oxygen atoms in total. The van der Waals surface area contributed by atoms with Gasteiger partial charge in [-0.15, -0.1) is 11.8 Å². The third kappa shape index (κ3) is 2.81. The monoisotopic (exact) mass is 255 g/mol. The average Bonchev–Trinajstić information content (AvgIpc) is 2.37. The van der Waals surface area contributed by atoms with Crippen LogP contribution in [0.5, 0.6) is 0 Å². The minimum atomic E-state index is -0.129. The highest BCUT2D eigenvalue weighted by Crippen LogP contribution is 2.37. The molecule has 1 heterocycles. The van der Waals surface area contributed by atoms with Crippen LogP contribution in [-0.2, 0) is 0 Å². The van der Waals surface area contributed by atoms with Gasteiger partial charge in [-0.3, -0.25) is 0 Å². The van der Waals surface area contributed by atoms with Crippen LogP contribution in [0.3, 0.4) is 0 Å². The fourth-order valence-electron chi connectivity index (χ4n) is 2.14. The lowest BCUT2D eigenvalue weighted by Gasteiger charge is -2.29. The summed E-state index contributed by atoms with van der Waals surface area (Å²) in [5.74, 6) is 0.795. The first-order chi connectivity index (χ1) is 8.26. The van der Waals surface area contributed by atoms with Crippen molar-refractivity contribution in [1.29, 1.82) is 0 Å². The second-order valence-electron chi connectivity index (χ2n) is 4.30. The number of fused-ring (bicyclic) bond motifs is 1. The van der Waals surface area contributed by atoms with Crippen molar-refractivity contribution in [3.8, 4) is 0 Å². The molecule has 2 atom stereocenters. The highest BCUT2D eigenvalue weighted by Gasteiger charge is 2.24. The zero-order chi connectivity index (χ0) is 12.3. The van der Waals surface area contributed by atoms with Crippen LogP contribution in [-0.4, -0.2) is 23.5 Å². The van der Waals surface area contributed by atoms with Crippen LogP contribution >= 0.6 is 11.8 Å². The van der Waals surface area contributed by atoms with E-state index in [9.17, 15) is 9.50 Å². The Balaban J connectivity index is 2.20. The standard InChI is InChI=1S/C13H18FNOS/c1-2-9(8-16)15-12-6-7-17-13-10(12)4-3-5-11(13)14/h3-5,9,12,15-16H,2,6-8H2,1H3. The van der Waals surface area contributed by atoms with E-state index >= 15 is 0 Å². The summed E-state index contributed by atoms with van der Waals surface area (Å²) in [6.45, 7) is 2.17. The molecule has 0 saturated heterocycles. The highest BCUT2D eigenvalue weighted by atomic mass is 32.2. The van der Waals surface area contributed by atoms with Crippen LogP contribution in [0.25, 0.3) is 0 Å². The van der Waals surface area contributed by atoms with E-state index in [0.29, 0.717) is 0 Å². The third-order valence-corrected chi connectivity index (χ3v) is 4.34. The van der Waals surface area contributed by atoms with E-state index in [-0.39, 0.29) is 24.5 Å². The Morgan fingerprint density at radius 2 is 2.41 bits per heavy atom. The van der Waals surface area contributed by atoms with E-state index in [0.717, 1.165) is 29.1 Å². The van der Waals surface area contributed by atoms with Gasteiger partial charge in [0.25, 0.3) is 0 Å². The van der Waals surface area contributed by atoms with E-state index in [2.05, 4.69) is 5.32 Å². The van der Waals surface area contributed by atoms with Gasteiger partial charge in [-0.25, -0.2) is 4.39 Å². The number of hydrogen-bond donors (Lipinski definition) is 2. The van der Waals surface area contributed by atoms with Gasteiger partial charge in [-0.05, 0) is 30.2 Å². The van der Waals surface area contributed by atoms with Gasteiger partial charge in [0.1, 0.15) is 5.82 Å². The normalized spacial score (nSPS) is 21.0. The number of benzene rings is 1. The van der Waals surface area contributed by atoms with E-state index in [1.165, 1.54) is 6.07 Å². The lowest BCUT2D eigenvalue weighted by atomic mass is 10.0. The molecule has 1 aliphatic rings. The number of halogens is 1. The predicted molar refractivity (Wildman–Crippen MR) is 68.8 cm³/mol. The number of aliphatic hydroxyl groups excluding tert-OH is 1. The second-order valence-corrected chi connectivity index (χ2v) is 5.41. The van der Waals surface area contributed by atoms with Crippen LogP contribution in [0, 0.1) is 5.82 Å². The van der Waals surface area contributed by atoms with Crippen molar-refractivity contribution in [2.45, 2.75) is 36.7 Å². The maximum absolute atomic E-state index is 13.6. The van der Waals surface area contributed by atoms with Crippen LogP contribution in [0.4, 0.5) is 4.39 Å². The highest BCUT2D eigenvalue weighted by molar-refractivity contribution is 7.99. The van der Waals surface area contributed by atoms with E-state index in [1.54, 1.807) is 17.8 Å². The van der Waals surface area contributed by atoms with Crippen molar-refractivity contribution in [1.82, 2.24) is 5.32 Å². The lowest BCUT2D eigenvalue weighted by Crippen LogP contribution is -2.36.